The number of thiophene rings is 1. The molecular formula is C8H9Cl2NOS. The van der Waals surface area contributed by atoms with Crippen LogP contribution in [0.2, 0.25) is 4.34 Å². The number of alkyl halides is 1. The van der Waals surface area contributed by atoms with Gasteiger partial charge < -0.3 is 4.90 Å². The average molecular weight is 238 g/mol. The van der Waals surface area contributed by atoms with Gasteiger partial charge in [0.15, 0.2) is 0 Å². The van der Waals surface area contributed by atoms with Crippen molar-refractivity contribution in [3.05, 3.63) is 21.3 Å². The lowest BCUT2D eigenvalue weighted by atomic mass is 10.4. The molecule has 0 aliphatic heterocycles. The second-order valence-corrected chi connectivity index (χ2v) is 4.61. The van der Waals surface area contributed by atoms with Crippen molar-refractivity contribution in [2.45, 2.75) is 0 Å². The van der Waals surface area contributed by atoms with E-state index in [2.05, 4.69) is 0 Å². The van der Waals surface area contributed by atoms with Crippen molar-refractivity contribution in [3.63, 3.8) is 0 Å². The van der Waals surface area contributed by atoms with Gasteiger partial charge >= 0.3 is 0 Å². The maximum atomic E-state index is 11.6. The minimum Gasteiger partial charge on any atom is -0.340 e. The lowest BCUT2D eigenvalue weighted by molar-refractivity contribution is 0.0808. The van der Waals surface area contributed by atoms with Gasteiger partial charge in [0.25, 0.3) is 5.91 Å². The zero-order chi connectivity index (χ0) is 9.84. The molecule has 5 heteroatoms. The fraction of sp³-hybridized carbons (Fsp3) is 0.375. The van der Waals surface area contributed by atoms with Crippen molar-refractivity contribution in [2.24, 2.45) is 0 Å². The summed E-state index contributed by atoms with van der Waals surface area (Å²) in [4.78, 5) is 13.8. The van der Waals surface area contributed by atoms with Crippen LogP contribution in [-0.2, 0) is 0 Å². The van der Waals surface area contributed by atoms with Crippen molar-refractivity contribution in [1.82, 2.24) is 4.90 Å². The van der Waals surface area contributed by atoms with Gasteiger partial charge in [-0.1, -0.05) is 11.6 Å². The van der Waals surface area contributed by atoms with E-state index in [1.807, 2.05) is 0 Å². The van der Waals surface area contributed by atoms with Crippen molar-refractivity contribution in [3.8, 4) is 0 Å². The second-order valence-electron chi connectivity index (χ2n) is 2.52. The Morgan fingerprint density at radius 1 is 1.62 bits per heavy atom. The molecule has 1 aromatic heterocycles. The molecule has 13 heavy (non-hydrogen) atoms. The molecule has 72 valence electrons. The number of carbonyl (C=O) groups excluding carboxylic acids is 1. The number of carbonyl (C=O) groups is 1. The summed E-state index contributed by atoms with van der Waals surface area (Å²) in [5.41, 5.74) is 0. The molecule has 1 heterocycles. The van der Waals surface area contributed by atoms with Crippen molar-refractivity contribution < 1.29 is 4.79 Å². The number of hydrogen-bond donors (Lipinski definition) is 0. The van der Waals surface area contributed by atoms with Crippen molar-refractivity contribution >= 4 is 40.4 Å². The molecule has 0 aromatic carbocycles. The summed E-state index contributed by atoms with van der Waals surface area (Å²) < 4.78 is 0.627. The van der Waals surface area contributed by atoms with E-state index in [0.717, 1.165) is 0 Å². The van der Waals surface area contributed by atoms with E-state index in [-0.39, 0.29) is 5.91 Å². The lowest BCUT2D eigenvalue weighted by Crippen LogP contribution is -2.27. The molecule has 0 atom stereocenters. The first-order valence-corrected chi connectivity index (χ1v) is 5.45. The molecule has 1 aromatic rings. The summed E-state index contributed by atoms with van der Waals surface area (Å²) in [6.07, 6.45) is 0. The smallest absolute Gasteiger partial charge is 0.263 e. The first kappa shape index (κ1) is 10.8. The molecule has 0 radical (unpaired) electrons. The standard InChI is InChI=1S/C8H9Cl2NOS/c1-11(5-4-9)8(12)6-2-3-7(10)13-6/h2-3H,4-5H2,1H3. The van der Waals surface area contributed by atoms with Gasteiger partial charge in [-0.25, -0.2) is 0 Å². The Hall–Kier alpha value is -0.250. The third kappa shape index (κ3) is 2.86. The van der Waals surface area contributed by atoms with Crippen molar-refractivity contribution in [1.29, 1.82) is 0 Å². The molecule has 0 spiro atoms. The van der Waals surface area contributed by atoms with Crippen LogP contribution in [0.1, 0.15) is 9.67 Å². The molecule has 1 rings (SSSR count). The normalized spacial score (nSPS) is 10.1. The summed E-state index contributed by atoms with van der Waals surface area (Å²) in [5.74, 6) is 0.416. The average Bonchev–Trinajstić information content (AvgIpc) is 2.51. The topological polar surface area (TPSA) is 20.3 Å². The molecule has 0 saturated heterocycles. The first-order chi connectivity index (χ1) is 6.15. The minimum atomic E-state index is -0.0300. The third-order valence-corrected chi connectivity index (χ3v) is 2.94. The zero-order valence-corrected chi connectivity index (χ0v) is 9.42. The van der Waals surface area contributed by atoms with Crippen molar-refractivity contribution in [2.75, 3.05) is 19.5 Å². The Morgan fingerprint density at radius 3 is 2.77 bits per heavy atom. The predicted molar refractivity (Wildman–Crippen MR) is 57.0 cm³/mol. The maximum Gasteiger partial charge on any atom is 0.263 e. The van der Waals surface area contributed by atoms with E-state index >= 15 is 0 Å². The Bertz CT molecular complexity index is 300. The molecule has 0 aliphatic rings. The molecule has 0 unspecified atom stereocenters. The predicted octanol–water partition coefficient (Wildman–Crippen LogP) is 2.71. The van der Waals surface area contributed by atoms with Crippen LogP contribution < -0.4 is 0 Å². The van der Waals surface area contributed by atoms with E-state index in [0.29, 0.717) is 21.6 Å². The SMILES string of the molecule is CN(CCCl)C(=O)c1ccc(Cl)s1. The Kier molecular flexibility index (Phi) is 4.03. The number of nitrogens with zero attached hydrogens (tertiary/aromatic N) is 1. The molecular weight excluding hydrogens is 229 g/mol. The molecule has 0 bridgehead atoms. The van der Waals surface area contributed by atoms with Gasteiger partial charge in [0.1, 0.15) is 0 Å². The number of halogens is 2. The van der Waals surface area contributed by atoms with E-state index in [1.165, 1.54) is 11.3 Å². The van der Waals surface area contributed by atoms with Gasteiger partial charge in [-0.3, -0.25) is 4.79 Å². The fourth-order valence-corrected chi connectivity index (χ4v) is 2.14. The van der Waals surface area contributed by atoms with E-state index in [1.54, 1.807) is 24.1 Å². The molecule has 0 saturated carbocycles. The summed E-state index contributed by atoms with van der Waals surface area (Å²) in [7, 11) is 1.72. The highest BCUT2D eigenvalue weighted by Crippen LogP contribution is 2.22. The quantitative estimate of drug-likeness (QED) is 0.741. The van der Waals surface area contributed by atoms with Gasteiger partial charge in [0, 0.05) is 19.5 Å². The largest absolute Gasteiger partial charge is 0.340 e. The van der Waals surface area contributed by atoms with Gasteiger partial charge in [0.05, 0.1) is 9.21 Å². The molecule has 1 amide bonds. The zero-order valence-electron chi connectivity index (χ0n) is 7.09. The van der Waals surface area contributed by atoms with E-state index in [9.17, 15) is 4.79 Å². The highest BCUT2D eigenvalue weighted by Gasteiger charge is 2.12. The van der Waals surface area contributed by atoms with Gasteiger partial charge in [0.2, 0.25) is 0 Å². The Balaban J connectivity index is 2.67. The molecule has 2 nitrogen and oxygen atoms in total. The van der Waals surface area contributed by atoms with Crippen LogP contribution in [0.15, 0.2) is 12.1 Å². The summed E-state index contributed by atoms with van der Waals surface area (Å²) >= 11 is 12.5. The summed E-state index contributed by atoms with van der Waals surface area (Å²) in [6, 6.07) is 3.44. The van der Waals surface area contributed by atoms with Gasteiger partial charge in [-0.15, -0.1) is 22.9 Å². The summed E-state index contributed by atoms with van der Waals surface area (Å²) in [6.45, 7) is 0.551. The number of amides is 1. The van der Waals surface area contributed by atoms with Crippen LogP contribution in [0.4, 0.5) is 0 Å². The third-order valence-electron chi connectivity index (χ3n) is 1.55. The second kappa shape index (κ2) is 4.84. The van der Waals surface area contributed by atoms with E-state index in [4.69, 9.17) is 23.2 Å². The minimum absolute atomic E-state index is 0.0300. The van der Waals surface area contributed by atoms with Crippen LogP contribution in [-0.4, -0.2) is 30.3 Å². The van der Waals surface area contributed by atoms with Crippen LogP contribution in [0.3, 0.4) is 0 Å². The van der Waals surface area contributed by atoms with Gasteiger partial charge in [-0.05, 0) is 12.1 Å². The molecule has 0 fully saturated rings. The number of hydrogen-bond acceptors (Lipinski definition) is 2. The monoisotopic (exact) mass is 237 g/mol. The van der Waals surface area contributed by atoms with Crippen LogP contribution in [0.5, 0.6) is 0 Å². The van der Waals surface area contributed by atoms with Crippen LogP contribution >= 0.6 is 34.5 Å². The van der Waals surface area contributed by atoms with Gasteiger partial charge in [-0.2, -0.15) is 0 Å². The molecule has 0 N–H and O–H groups in total. The first-order valence-electron chi connectivity index (χ1n) is 3.72. The fourth-order valence-electron chi connectivity index (χ4n) is 0.846. The van der Waals surface area contributed by atoms with Crippen LogP contribution in [0.25, 0.3) is 0 Å². The highest BCUT2D eigenvalue weighted by molar-refractivity contribution is 7.17. The Labute approximate surface area is 91.1 Å². The van der Waals surface area contributed by atoms with Crippen LogP contribution in [0, 0.1) is 0 Å². The van der Waals surface area contributed by atoms with E-state index < -0.39 is 0 Å². The summed E-state index contributed by atoms with van der Waals surface area (Å²) in [5, 5.41) is 0. The Morgan fingerprint density at radius 2 is 2.31 bits per heavy atom. The lowest BCUT2D eigenvalue weighted by Gasteiger charge is -2.13. The highest BCUT2D eigenvalue weighted by atomic mass is 35.5. The maximum absolute atomic E-state index is 11.6. The number of rotatable bonds is 3. The molecule has 0 aliphatic carbocycles.